The van der Waals surface area contributed by atoms with Crippen LogP contribution in [0.2, 0.25) is 5.02 Å². The fraction of sp³-hybridized carbons (Fsp3) is 0.190. The summed E-state index contributed by atoms with van der Waals surface area (Å²) >= 11 is 10.4. The Balaban J connectivity index is 1.53. The first-order valence-corrected chi connectivity index (χ1v) is 12.3. The molecule has 1 N–H and O–H groups in total. The van der Waals surface area contributed by atoms with Crippen molar-refractivity contribution < 1.29 is 4.79 Å². The number of thiophene rings is 2. The molecule has 0 aliphatic heterocycles. The monoisotopic (exact) mass is 475 g/mol. The molecule has 0 atom stereocenters. The minimum absolute atomic E-state index is 0.0554. The van der Waals surface area contributed by atoms with Crippen LogP contribution in [0.1, 0.15) is 10.4 Å². The molecule has 0 unspecified atom stereocenters. The third-order valence-electron chi connectivity index (χ3n) is 4.50. The Hall–Kier alpha value is -2.13. The molecule has 0 aliphatic carbocycles. The third-order valence-corrected chi connectivity index (χ3v) is 7.54. The summed E-state index contributed by atoms with van der Waals surface area (Å²) in [5.74, 6) is -0.0256. The van der Waals surface area contributed by atoms with Gasteiger partial charge in [-0.1, -0.05) is 35.5 Å². The van der Waals surface area contributed by atoms with Gasteiger partial charge in [0, 0.05) is 22.1 Å². The van der Waals surface area contributed by atoms with Crippen LogP contribution in [0.3, 0.4) is 0 Å². The fourth-order valence-corrected chi connectivity index (χ4v) is 5.43. The van der Waals surface area contributed by atoms with Crippen molar-refractivity contribution in [3.8, 4) is 0 Å². The van der Waals surface area contributed by atoms with Crippen molar-refractivity contribution >= 4 is 67.8 Å². The molecule has 0 aliphatic rings. The Morgan fingerprint density at radius 2 is 2.10 bits per heavy atom. The molecule has 4 rings (SSSR count). The van der Waals surface area contributed by atoms with Gasteiger partial charge in [0.1, 0.15) is 4.70 Å². The first kappa shape index (κ1) is 21.1. The molecule has 4 aromatic rings. The molecule has 30 heavy (non-hydrogen) atoms. The van der Waals surface area contributed by atoms with Gasteiger partial charge in [-0.3, -0.25) is 14.2 Å². The number of nitrogens with one attached hydrogen (secondary N) is 1. The summed E-state index contributed by atoms with van der Waals surface area (Å²) in [6, 6.07) is 11.3. The zero-order valence-electron chi connectivity index (χ0n) is 16.1. The van der Waals surface area contributed by atoms with Crippen molar-refractivity contribution in [2.75, 3.05) is 11.1 Å². The van der Waals surface area contributed by atoms with Crippen LogP contribution < -0.4 is 10.9 Å². The summed E-state index contributed by atoms with van der Waals surface area (Å²) in [7, 11) is 0. The lowest BCUT2D eigenvalue weighted by atomic mass is 10.2. The lowest BCUT2D eigenvalue weighted by Crippen LogP contribution is -2.24. The number of halogens is 1. The molecule has 0 bridgehead atoms. The van der Waals surface area contributed by atoms with E-state index in [9.17, 15) is 9.59 Å². The van der Waals surface area contributed by atoms with Gasteiger partial charge in [-0.05, 0) is 53.9 Å². The van der Waals surface area contributed by atoms with Crippen molar-refractivity contribution in [3.63, 3.8) is 0 Å². The van der Waals surface area contributed by atoms with E-state index in [0.717, 1.165) is 12.0 Å². The number of aromatic nitrogens is 2. The zero-order valence-corrected chi connectivity index (χ0v) is 19.3. The number of carbonyl (C=O) groups excluding carboxylic acids is 1. The smallest absolute Gasteiger partial charge is 0.272 e. The van der Waals surface area contributed by atoms with Crippen LogP contribution in [-0.4, -0.2) is 21.2 Å². The molecule has 0 radical (unpaired) electrons. The highest BCUT2D eigenvalue weighted by molar-refractivity contribution is 7.99. The number of aryl methyl sites for hydroxylation is 2. The topological polar surface area (TPSA) is 64.0 Å². The van der Waals surface area contributed by atoms with Gasteiger partial charge in [0.15, 0.2) is 5.16 Å². The predicted octanol–water partition coefficient (Wildman–Crippen LogP) is 5.45. The lowest BCUT2D eigenvalue weighted by Gasteiger charge is -2.12. The number of anilines is 1. The molecule has 154 valence electrons. The second-order valence-corrected chi connectivity index (χ2v) is 9.94. The minimum Gasteiger partial charge on any atom is -0.325 e. The van der Waals surface area contributed by atoms with Crippen LogP contribution in [0, 0.1) is 6.92 Å². The lowest BCUT2D eigenvalue weighted by molar-refractivity contribution is -0.113. The Morgan fingerprint density at radius 1 is 1.23 bits per heavy atom. The van der Waals surface area contributed by atoms with Gasteiger partial charge >= 0.3 is 0 Å². The maximum Gasteiger partial charge on any atom is 0.272 e. The Bertz CT molecular complexity index is 1250. The van der Waals surface area contributed by atoms with E-state index in [1.165, 1.54) is 28.0 Å². The van der Waals surface area contributed by atoms with Crippen LogP contribution in [0.4, 0.5) is 5.69 Å². The van der Waals surface area contributed by atoms with Gasteiger partial charge < -0.3 is 5.32 Å². The van der Waals surface area contributed by atoms with E-state index in [2.05, 4.69) is 16.4 Å². The van der Waals surface area contributed by atoms with Gasteiger partial charge in [0.05, 0.1) is 11.3 Å². The van der Waals surface area contributed by atoms with Crippen LogP contribution in [-0.2, 0) is 17.8 Å². The number of hydrogen-bond donors (Lipinski definition) is 1. The number of carbonyl (C=O) groups is 1. The quantitative estimate of drug-likeness (QED) is 0.285. The molecule has 1 amide bonds. The second-order valence-electron chi connectivity index (χ2n) is 6.61. The fourth-order valence-electron chi connectivity index (χ4n) is 2.95. The number of hydrogen-bond acceptors (Lipinski definition) is 6. The van der Waals surface area contributed by atoms with Crippen molar-refractivity contribution in [2.24, 2.45) is 0 Å². The Labute approximate surface area is 190 Å². The van der Waals surface area contributed by atoms with Crippen LogP contribution >= 0.6 is 46.0 Å². The first-order chi connectivity index (χ1) is 14.5. The molecule has 1 aromatic carbocycles. The standard InChI is InChI=1S/C21H18ClN3O2S3/c1-13-4-5-14(22)11-17(13)23-18(26)12-30-21-24-16-7-10-29-19(16)20(27)25(21)8-6-15-3-2-9-28-15/h2-5,7,9-11H,6,8,12H2,1H3,(H,23,26). The van der Waals surface area contributed by atoms with Gasteiger partial charge in [0.2, 0.25) is 5.91 Å². The van der Waals surface area contributed by atoms with Gasteiger partial charge in [-0.2, -0.15) is 0 Å². The molecule has 0 fully saturated rings. The normalized spacial score (nSPS) is 11.1. The van der Waals surface area contributed by atoms with Crippen molar-refractivity contribution in [1.82, 2.24) is 9.55 Å². The minimum atomic E-state index is -0.171. The largest absolute Gasteiger partial charge is 0.325 e. The molecule has 0 saturated carbocycles. The molecule has 5 nitrogen and oxygen atoms in total. The maximum atomic E-state index is 13.0. The summed E-state index contributed by atoms with van der Waals surface area (Å²) < 4.78 is 2.32. The molecule has 0 saturated heterocycles. The number of benzene rings is 1. The van der Waals surface area contributed by atoms with E-state index in [-0.39, 0.29) is 17.2 Å². The summed E-state index contributed by atoms with van der Waals surface area (Å²) in [5, 5.41) is 7.90. The summed E-state index contributed by atoms with van der Waals surface area (Å²) in [6.07, 6.45) is 0.748. The highest BCUT2D eigenvalue weighted by atomic mass is 35.5. The number of fused-ring (bicyclic) bond motifs is 1. The van der Waals surface area contributed by atoms with E-state index in [1.54, 1.807) is 28.0 Å². The number of rotatable bonds is 7. The molecule has 3 aromatic heterocycles. The maximum absolute atomic E-state index is 13.0. The average molecular weight is 476 g/mol. The van der Waals surface area contributed by atoms with Crippen molar-refractivity contribution in [1.29, 1.82) is 0 Å². The number of amides is 1. The zero-order chi connectivity index (χ0) is 21.1. The van der Waals surface area contributed by atoms with Crippen LogP contribution in [0.5, 0.6) is 0 Å². The first-order valence-electron chi connectivity index (χ1n) is 9.20. The highest BCUT2D eigenvalue weighted by Gasteiger charge is 2.15. The van der Waals surface area contributed by atoms with E-state index < -0.39 is 0 Å². The predicted molar refractivity (Wildman–Crippen MR) is 127 cm³/mol. The van der Waals surface area contributed by atoms with E-state index in [0.29, 0.717) is 32.6 Å². The molecule has 9 heteroatoms. The van der Waals surface area contributed by atoms with Gasteiger partial charge in [-0.15, -0.1) is 22.7 Å². The highest BCUT2D eigenvalue weighted by Crippen LogP contribution is 2.23. The Morgan fingerprint density at radius 3 is 2.90 bits per heavy atom. The van der Waals surface area contributed by atoms with E-state index in [4.69, 9.17) is 11.6 Å². The summed E-state index contributed by atoms with van der Waals surface area (Å²) in [6.45, 7) is 2.44. The van der Waals surface area contributed by atoms with Gasteiger partial charge in [-0.25, -0.2) is 4.98 Å². The third kappa shape index (κ3) is 4.78. The van der Waals surface area contributed by atoms with Crippen molar-refractivity contribution in [2.45, 2.75) is 25.0 Å². The van der Waals surface area contributed by atoms with E-state index >= 15 is 0 Å². The summed E-state index contributed by atoms with van der Waals surface area (Å²) in [5.41, 5.74) is 2.24. The van der Waals surface area contributed by atoms with Crippen molar-refractivity contribution in [3.05, 3.63) is 73.0 Å². The molecule has 3 heterocycles. The number of nitrogens with zero attached hydrogens (tertiary/aromatic N) is 2. The van der Waals surface area contributed by atoms with Gasteiger partial charge in [0.25, 0.3) is 5.56 Å². The number of thioether (sulfide) groups is 1. The SMILES string of the molecule is Cc1ccc(Cl)cc1NC(=O)CSc1nc2ccsc2c(=O)n1CCc1cccs1. The second kappa shape index (κ2) is 9.34. The van der Waals surface area contributed by atoms with Crippen LogP contribution in [0.15, 0.2) is 57.1 Å². The molecule has 0 spiro atoms. The average Bonchev–Trinajstić information content (AvgIpc) is 3.40. The molecular weight excluding hydrogens is 458 g/mol. The van der Waals surface area contributed by atoms with Crippen LogP contribution in [0.25, 0.3) is 10.2 Å². The van der Waals surface area contributed by atoms with E-state index in [1.807, 2.05) is 35.9 Å². The Kier molecular flexibility index (Phi) is 6.58. The summed E-state index contributed by atoms with van der Waals surface area (Å²) in [4.78, 5) is 31.4. The molecular formula is C21H18ClN3O2S3.